The summed E-state index contributed by atoms with van der Waals surface area (Å²) in [7, 11) is 0. The summed E-state index contributed by atoms with van der Waals surface area (Å²) in [6.45, 7) is 4.16. The molecule has 4 N–H and O–H groups in total. The van der Waals surface area contributed by atoms with E-state index in [4.69, 9.17) is 0 Å². The minimum absolute atomic E-state index is 0.0867. The molecule has 2 rings (SSSR count). The predicted molar refractivity (Wildman–Crippen MR) is 80.1 cm³/mol. The normalized spacial score (nSPS) is 18.5. The van der Waals surface area contributed by atoms with Gasteiger partial charge in [0.2, 0.25) is 11.8 Å². The smallest absolute Gasteiger partial charge is 0.237 e. The number of amides is 2. The highest BCUT2D eigenvalue weighted by atomic mass is 32.2. The van der Waals surface area contributed by atoms with Gasteiger partial charge in [-0.15, -0.1) is 11.8 Å². The first kappa shape index (κ1) is 14.8. The molecule has 1 fully saturated rings. The Bertz CT molecular complexity index is 501. The molecule has 0 spiro atoms. The van der Waals surface area contributed by atoms with E-state index >= 15 is 0 Å². The van der Waals surface area contributed by atoms with Crippen LogP contribution in [0.2, 0.25) is 0 Å². The summed E-state index contributed by atoms with van der Waals surface area (Å²) in [4.78, 5) is 23.1. The third-order valence-electron chi connectivity index (χ3n) is 2.90. The van der Waals surface area contributed by atoms with Gasteiger partial charge in [0.15, 0.2) is 0 Å². The van der Waals surface area contributed by atoms with Crippen LogP contribution in [0.15, 0.2) is 18.2 Å². The number of aryl methyl sites for hydroxylation is 2. The fraction of sp³-hybridized carbons (Fsp3) is 0.385. The van der Waals surface area contributed by atoms with Gasteiger partial charge in [-0.2, -0.15) is 0 Å². The van der Waals surface area contributed by atoms with E-state index in [9.17, 15) is 9.59 Å². The van der Waals surface area contributed by atoms with Crippen molar-refractivity contribution in [2.45, 2.75) is 19.3 Å². The van der Waals surface area contributed by atoms with Crippen molar-refractivity contribution in [3.8, 4) is 0 Å². The Morgan fingerprint density at radius 2 is 2.10 bits per heavy atom. The Kier molecular flexibility index (Phi) is 4.99. The van der Waals surface area contributed by atoms with E-state index in [1.807, 2.05) is 32.0 Å². The zero-order chi connectivity index (χ0) is 14.5. The molecule has 1 atom stereocenters. The van der Waals surface area contributed by atoms with Crippen molar-refractivity contribution in [1.29, 1.82) is 0 Å². The predicted octanol–water partition coefficient (Wildman–Crippen LogP) is 0.483. The van der Waals surface area contributed by atoms with Crippen LogP contribution in [0.4, 0.5) is 5.69 Å². The molecule has 0 radical (unpaired) electrons. The zero-order valence-electron chi connectivity index (χ0n) is 11.4. The molecule has 6 nitrogen and oxygen atoms in total. The minimum Gasteiger partial charge on any atom is -0.330 e. The number of rotatable bonds is 4. The lowest BCUT2D eigenvalue weighted by molar-refractivity contribution is -0.122. The number of benzene rings is 1. The largest absolute Gasteiger partial charge is 0.330 e. The first-order chi connectivity index (χ1) is 9.56. The molecule has 1 aromatic carbocycles. The molecule has 20 heavy (non-hydrogen) atoms. The molecular weight excluding hydrogens is 276 g/mol. The Morgan fingerprint density at radius 3 is 2.75 bits per heavy atom. The van der Waals surface area contributed by atoms with Gasteiger partial charge in [-0.25, -0.2) is 10.9 Å². The molecule has 0 aromatic heterocycles. The molecule has 1 aromatic rings. The van der Waals surface area contributed by atoms with Crippen molar-refractivity contribution in [3.05, 3.63) is 29.3 Å². The second-order valence-electron chi connectivity index (χ2n) is 4.57. The number of anilines is 1. The molecule has 1 heterocycles. The van der Waals surface area contributed by atoms with Gasteiger partial charge >= 0.3 is 0 Å². The lowest BCUT2D eigenvalue weighted by atomic mass is 10.1. The number of para-hydroxylation sites is 1. The summed E-state index contributed by atoms with van der Waals surface area (Å²) < 4.78 is 0. The second-order valence-corrected chi connectivity index (χ2v) is 5.66. The van der Waals surface area contributed by atoms with Crippen LogP contribution in [0.5, 0.6) is 0 Å². The first-order valence-corrected chi connectivity index (χ1v) is 7.36. The van der Waals surface area contributed by atoms with Crippen LogP contribution in [-0.4, -0.2) is 29.6 Å². The van der Waals surface area contributed by atoms with Crippen molar-refractivity contribution < 1.29 is 9.59 Å². The van der Waals surface area contributed by atoms with Crippen LogP contribution < -0.4 is 21.5 Å². The van der Waals surface area contributed by atoms with E-state index in [-0.39, 0.29) is 29.6 Å². The van der Waals surface area contributed by atoms with Crippen LogP contribution in [-0.2, 0) is 9.59 Å². The Balaban J connectivity index is 1.85. The number of hydrogen-bond acceptors (Lipinski definition) is 5. The molecule has 1 unspecified atom stereocenters. The quantitative estimate of drug-likeness (QED) is 0.649. The fourth-order valence-electron chi connectivity index (χ4n) is 1.89. The highest BCUT2D eigenvalue weighted by molar-refractivity contribution is 8.00. The van der Waals surface area contributed by atoms with E-state index in [1.54, 1.807) is 0 Å². The molecule has 0 bridgehead atoms. The SMILES string of the molecule is Cc1cccc(C)c1NC(=O)CSC1NNCC(=O)N1. The van der Waals surface area contributed by atoms with Gasteiger partial charge in [0.05, 0.1) is 12.3 Å². The van der Waals surface area contributed by atoms with Gasteiger partial charge in [0.25, 0.3) is 0 Å². The standard InChI is InChI=1S/C13H18N4O2S/c1-8-4-3-5-9(2)12(8)15-11(19)7-20-13-16-10(18)6-14-17-13/h3-5,13-14,17H,6-7H2,1-2H3,(H,15,19)(H,16,18). The number of hydrogen-bond donors (Lipinski definition) is 4. The van der Waals surface area contributed by atoms with Crippen molar-refractivity contribution in [2.24, 2.45) is 0 Å². The molecule has 2 amide bonds. The number of carbonyl (C=O) groups excluding carboxylic acids is 2. The van der Waals surface area contributed by atoms with E-state index < -0.39 is 0 Å². The van der Waals surface area contributed by atoms with Gasteiger partial charge in [0, 0.05) is 5.69 Å². The highest BCUT2D eigenvalue weighted by Crippen LogP contribution is 2.19. The third-order valence-corrected chi connectivity index (χ3v) is 3.90. The summed E-state index contributed by atoms with van der Waals surface area (Å²) in [6, 6.07) is 5.88. The van der Waals surface area contributed by atoms with Gasteiger partial charge < -0.3 is 10.6 Å². The highest BCUT2D eigenvalue weighted by Gasteiger charge is 2.18. The molecule has 1 aliphatic rings. The summed E-state index contributed by atoms with van der Waals surface area (Å²) in [5.41, 5.74) is 8.29. The maximum atomic E-state index is 11.9. The summed E-state index contributed by atoms with van der Waals surface area (Å²) in [6.07, 6.45) is 0. The number of carbonyl (C=O) groups is 2. The average molecular weight is 294 g/mol. The van der Waals surface area contributed by atoms with Crippen LogP contribution in [0.1, 0.15) is 11.1 Å². The molecule has 1 aliphatic heterocycles. The van der Waals surface area contributed by atoms with Gasteiger partial charge in [0.1, 0.15) is 5.50 Å². The van der Waals surface area contributed by atoms with Gasteiger partial charge in [-0.05, 0) is 25.0 Å². The number of thioether (sulfide) groups is 1. The van der Waals surface area contributed by atoms with Crippen LogP contribution in [0, 0.1) is 13.8 Å². The van der Waals surface area contributed by atoms with Crippen molar-refractivity contribution in [1.82, 2.24) is 16.2 Å². The van der Waals surface area contributed by atoms with Crippen molar-refractivity contribution in [2.75, 3.05) is 17.6 Å². The molecular formula is C13H18N4O2S. The van der Waals surface area contributed by atoms with Crippen molar-refractivity contribution in [3.63, 3.8) is 0 Å². The minimum atomic E-state index is -0.292. The topological polar surface area (TPSA) is 82.3 Å². The third kappa shape index (κ3) is 3.96. The Labute approximate surface area is 122 Å². The first-order valence-electron chi connectivity index (χ1n) is 6.31. The van der Waals surface area contributed by atoms with E-state index in [1.165, 1.54) is 11.8 Å². The Morgan fingerprint density at radius 1 is 1.40 bits per heavy atom. The molecule has 108 valence electrons. The molecule has 7 heteroatoms. The lowest BCUT2D eigenvalue weighted by Gasteiger charge is -2.24. The van der Waals surface area contributed by atoms with Gasteiger partial charge in [-0.1, -0.05) is 18.2 Å². The molecule has 0 aliphatic carbocycles. The van der Waals surface area contributed by atoms with E-state index in [0.29, 0.717) is 0 Å². The molecule has 0 saturated carbocycles. The average Bonchev–Trinajstić information content (AvgIpc) is 2.41. The lowest BCUT2D eigenvalue weighted by Crippen LogP contribution is -2.58. The van der Waals surface area contributed by atoms with Crippen LogP contribution >= 0.6 is 11.8 Å². The van der Waals surface area contributed by atoms with E-state index in [2.05, 4.69) is 21.5 Å². The number of nitrogens with one attached hydrogen (secondary N) is 4. The summed E-state index contributed by atoms with van der Waals surface area (Å²) in [5, 5.41) is 5.64. The Hall–Kier alpha value is -1.57. The monoisotopic (exact) mass is 294 g/mol. The maximum Gasteiger partial charge on any atom is 0.237 e. The van der Waals surface area contributed by atoms with E-state index in [0.717, 1.165) is 16.8 Å². The second kappa shape index (κ2) is 6.74. The van der Waals surface area contributed by atoms with Crippen LogP contribution in [0.25, 0.3) is 0 Å². The summed E-state index contributed by atoms with van der Waals surface area (Å²) >= 11 is 1.32. The van der Waals surface area contributed by atoms with Crippen LogP contribution in [0.3, 0.4) is 0 Å². The summed E-state index contributed by atoms with van der Waals surface area (Å²) in [5.74, 6) is 0.0818. The molecule has 1 saturated heterocycles. The van der Waals surface area contributed by atoms with Crippen molar-refractivity contribution >= 4 is 29.3 Å². The fourth-order valence-corrected chi connectivity index (χ4v) is 2.66. The zero-order valence-corrected chi connectivity index (χ0v) is 12.3. The maximum absolute atomic E-state index is 11.9. The van der Waals surface area contributed by atoms with Gasteiger partial charge in [-0.3, -0.25) is 9.59 Å². The number of hydrazine groups is 1.